The molecule has 0 atom stereocenters. The van der Waals surface area contributed by atoms with Gasteiger partial charge in [-0.15, -0.1) is 11.8 Å². The third kappa shape index (κ3) is 1.74. The van der Waals surface area contributed by atoms with E-state index in [2.05, 4.69) is 0 Å². The van der Waals surface area contributed by atoms with E-state index in [1.807, 2.05) is 5.75 Å². The van der Waals surface area contributed by atoms with Gasteiger partial charge in [0.1, 0.15) is 5.94 Å². The summed E-state index contributed by atoms with van der Waals surface area (Å²) in [7, 11) is 0. The SMILES string of the molecule is O=C1CC[CH]SCO1. The van der Waals surface area contributed by atoms with Gasteiger partial charge in [0.15, 0.2) is 0 Å². The molecule has 0 N–H and O–H groups in total. The summed E-state index contributed by atoms with van der Waals surface area (Å²) < 4.78 is 4.70. The van der Waals surface area contributed by atoms with Crippen molar-refractivity contribution in [2.24, 2.45) is 0 Å². The van der Waals surface area contributed by atoms with Crippen LogP contribution >= 0.6 is 11.8 Å². The molecule has 0 aliphatic carbocycles. The first-order valence-corrected chi connectivity index (χ1v) is 3.53. The van der Waals surface area contributed by atoms with Gasteiger partial charge in [-0.2, -0.15) is 0 Å². The Morgan fingerprint density at radius 2 is 2.62 bits per heavy atom. The van der Waals surface area contributed by atoms with Gasteiger partial charge in [0.05, 0.1) is 0 Å². The number of thioether (sulfide) groups is 1. The maximum absolute atomic E-state index is 10.4. The summed E-state index contributed by atoms with van der Waals surface area (Å²) in [5.41, 5.74) is 0. The van der Waals surface area contributed by atoms with Crippen LogP contribution in [0, 0.1) is 5.75 Å². The molecular weight excluding hydrogens is 124 g/mol. The van der Waals surface area contributed by atoms with Crippen LogP contribution in [0.15, 0.2) is 0 Å². The van der Waals surface area contributed by atoms with Crippen LogP contribution in [0.2, 0.25) is 0 Å². The van der Waals surface area contributed by atoms with Crippen molar-refractivity contribution in [3.05, 3.63) is 5.75 Å². The lowest BCUT2D eigenvalue weighted by Crippen LogP contribution is -1.99. The third-order valence-corrected chi connectivity index (χ3v) is 1.60. The van der Waals surface area contributed by atoms with Crippen LogP contribution in [-0.2, 0) is 9.53 Å². The van der Waals surface area contributed by atoms with Crippen molar-refractivity contribution in [1.29, 1.82) is 0 Å². The number of hydrogen-bond acceptors (Lipinski definition) is 3. The summed E-state index contributed by atoms with van der Waals surface area (Å²) >= 11 is 1.55. The Balaban J connectivity index is 2.27. The first-order chi connectivity index (χ1) is 3.89. The van der Waals surface area contributed by atoms with Gasteiger partial charge in [-0.05, 0) is 6.42 Å². The van der Waals surface area contributed by atoms with Crippen molar-refractivity contribution in [3.8, 4) is 0 Å². The van der Waals surface area contributed by atoms with Crippen LogP contribution in [0.3, 0.4) is 0 Å². The van der Waals surface area contributed by atoms with Gasteiger partial charge in [-0.25, -0.2) is 0 Å². The fourth-order valence-electron chi connectivity index (χ4n) is 0.480. The maximum atomic E-state index is 10.4. The Kier molecular flexibility index (Phi) is 2.21. The molecule has 1 fully saturated rings. The fourth-order valence-corrected chi connectivity index (χ4v) is 1.06. The minimum atomic E-state index is -0.0775. The molecule has 3 heteroatoms. The molecule has 0 aromatic heterocycles. The third-order valence-electron chi connectivity index (χ3n) is 0.872. The van der Waals surface area contributed by atoms with E-state index in [4.69, 9.17) is 4.74 Å². The summed E-state index contributed by atoms with van der Waals surface area (Å²) in [5.74, 6) is 2.43. The molecule has 0 spiro atoms. The molecular formula is C5H7O2S. The summed E-state index contributed by atoms with van der Waals surface area (Å²) in [6.45, 7) is 0. The van der Waals surface area contributed by atoms with Crippen molar-refractivity contribution < 1.29 is 9.53 Å². The highest BCUT2D eigenvalue weighted by molar-refractivity contribution is 8.01. The van der Waals surface area contributed by atoms with Crippen LogP contribution in [0.25, 0.3) is 0 Å². The van der Waals surface area contributed by atoms with Gasteiger partial charge in [0.25, 0.3) is 0 Å². The highest BCUT2D eigenvalue weighted by atomic mass is 32.2. The molecule has 0 aromatic carbocycles. The average Bonchev–Trinajstić information content (AvgIpc) is 1.94. The van der Waals surface area contributed by atoms with Crippen LogP contribution in [-0.4, -0.2) is 11.9 Å². The van der Waals surface area contributed by atoms with Crippen LogP contribution in [0.4, 0.5) is 0 Å². The topological polar surface area (TPSA) is 26.3 Å². The monoisotopic (exact) mass is 131 g/mol. The molecule has 0 aromatic rings. The molecule has 0 amide bonds. The molecule has 1 heterocycles. The Labute approximate surface area is 52.6 Å². The molecule has 0 unspecified atom stereocenters. The minimum absolute atomic E-state index is 0.0775. The normalized spacial score (nSPS) is 21.8. The molecule has 1 aliphatic rings. The number of cyclic esters (lactones) is 1. The Hall–Kier alpha value is -0.180. The zero-order valence-corrected chi connectivity index (χ0v) is 5.24. The molecule has 1 saturated heterocycles. The Morgan fingerprint density at radius 3 is 3.50 bits per heavy atom. The molecule has 0 bridgehead atoms. The number of esters is 1. The molecule has 45 valence electrons. The highest BCUT2D eigenvalue weighted by Crippen LogP contribution is 2.15. The zero-order valence-electron chi connectivity index (χ0n) is 4.42. The quantitative estimate of drug-likeness (QED) is 0.462. The summed E-state index contributed by atoms with van der Waals surface area (Å²) in [4.78, 5) is 10.4. The lowest BCUT2D eigenvalue weighted by Gasteiger charge is -1.93. The van der Waals surface area contributed by atoms with Crippen molar-refractivity contribution >= 4 is 17.7 Å². The van der Waals surface area contributed by atoms with Gasteiger partial charge in [-0.3, -0.25) is 4.79 Å². The van der Waals surface area contributed by atoms with Gasteiger partial charge in [0.2, 0.25) is 0 Å². The second-order valence-corrected chi connectivity index (χ2v) is 2.41. The van der Waals surface area contributed by atoms with E-state index >= 15 is 0 Å². The predicted molar refractivity (Wildman–Crippen MR) is 32.1 cm³/mol. The first kappa shape index (κ1) is 5.95. The van der Waals surface area contributed by atoms with Crippen LogP contribution in [0.5, 0.6) is 0 Å². The van der Waals surface area contributed by atoms with E-state index in [0.717, 1.165) is 6.42 Å². The van der Waals surface area contributed by atoms with E-state index in [0.29, 0.717) is 12.4 Å². The maximum Gasteiger partial charge on any atom is 0.306 e. The van der Waals surface area contributed by atoms with Gasteiger partial charge >= 0.3 is 5.97 Å². The van der Waals surface area contributed by atoms with Crippen molar-refractivity contribution in [2.45, 2.75) is 12.8 Å². The molecule has 1 aliphatic heterocycles. The van der Waals surface area contributed by atoms with Gasteiger partial charge < -0.3 is 4.74 Å². The highest BCUT2D eigenvalue weighted by Gasteiger charge is 2.06. The van der Waals surface area contributed by atoms with Crippen molar-refractivity contribution in [2.75, 3.05) is 5.94 Å². The number of hydrogen-bond donors (Lipinski definition) is 0. The number of carbonyl (C=O) groups is 1. The lowest BCUT2D eigenvalue weighted by atomic mass is 10.3. The molecule has 2 nitrogen and oxygen atoms in total. The molecule has 0 saturated carbocycles. The molecule has 1 radical (unpaired) electrons. The second-order valence-electron chi connectivity index (χ2n) is 1.51. The molecule has 8 heavy (non-hydrogen) atoms. The predicted octanol–water partition coefficient (Wildman–Crippen LogP) is 1.18. The van der Waals surface area contributed by atoms with Crippen LogP contribution in [0.1, 0.15) is 12.8 Å². The van der Waals surface area contributed by atoms with E-state index in [-0.39, 0.29) is 5.97 Å². The second kappa shape index (κ2) is 2.97. The van der Waals surface area contributed by atoms with Crippen molar-refractivity contribution in [3.63, 3.8) is 0 Å². The number of rotatable bonds is 0. The van der Waals surface area contributed by atoms with Gasteiger partial charge in [0, 0.05) is 12.2 Å². The lowest BCUT2D eigenvalue weighted by molar-refractivity contribution is -0.141. The van der Waals surface area contributed by atoms with E-state index in [1.165, 1.54) is 0 Å². The van der Waals surface area contributed by atoms with Gasteiger partial charge in [-0.1, -0.05) is 0 Å². The summed E-state index contributed by atoms with van der Waals surface area (Å²) in [6.07, 6.45) is 1.40. The fraction of sp³-hybridized carbons (Fsp3) is 0.600. The molecule has 1 rings (SSSR count). The smallest absolute Gasteiger partial charge is 0.306 e. The zero-order chi connectivity index (χ0) is 5.82. The van der Waals surface area contributed by atoms with E-state index < -0.39 is 0 Å². The van der Waals surface area contributed by atoms with E-state index in [9.17, 15) is 4.79 Å². The van der Waals surface area contributed by atoms with E-state index in [1.54, 1.807) is 11.8 Å². The number of ether oxygens (including phenoxy) is 1. The van der Waals surface area contributed by atoms with Crippen LogP contribution < -0.4 is 0 Å². The largest absolute Gasteiger partial charge is 0.455 e. The minimum Gasteiger partial charge on any atom is -0.455 e. The standard InChI is InChI=1S/C5H7O2S/c6-5-2-1-3-8-4-7-5/h3H,1-2,4H2. The number of carbonyl (C=O) groups excluding carboxylic acids is 1. The summed E-state index contributed by atoms with van der Waals surface area (Å²) in [6, 6.07) is 0. The Morgan fingerprint density at radius 1 is 1.75 bits per heavy atom. The first-order valence-electron chi connectivity index (χ1n) is 2.48. The average molecular weight is 131 g/mol. The summed E-state index contributed by atoms with van der Waals surface area (Å²) in [5, 5.41) is 0. The Bertz CT molecular complexity index is 82.4. The van der Waals surface area contributed by atoms with Crippen molar-refractivity contribution in [1.82, 2.24) is 0 Å².